The van der Waals surface area contributed by atoms with Crippen LogP contribution in [-0.4, -0.2) is 17.4 Å². The topological polar surface area (TPSA) is 33.2 Å². The fraction of sp³-hybridized carbons (Fsp3) is 0.263. The van der Waals surface area contributed by atoms with E-state index in [0.29, 0.717) is 6.54 Å². The smallest absolute Gasteiger partial charge is 0.253 e. The summed E-state index contributed by atoms with van der Waals surface area (Å²) in [6, 6.07) is 6.03. The highest BCUT2D eigenvalue weighted by Crippen LogP contribution is 2.32. The number of hydrogen-bond donors (Lipinski definition) is 0. The third kappa shape index (κ3) is 3.79. The van der Waals surface area contributed by atoms with E-state index in [9.17, 15) is 9.18 Å². The van der Waals surface area contributed by atoms with Gasteiger partial charge >= 0.3 is 0 Å². The van der Waals surface area contributed by atoms with Gasteiger partial charge in [-0.1, -0.05) is 18.2 Å². The number of carbonyl (C=O) groups is 1. The summed E-state index contributed by atoms with van der Waals surface area (Å²) in [5, 5.41) is 0.732. The van der Waals surface area contributed by atoms with Crippen LogP contribution >= 0.6 is 11.3 Å². The Balaban J connectivity index is 1.79. The van der Waals surface area contributed by atoms with Crippen molar-refractivity contribution in [2.24, 2.45) is 0 Å². The standard InChI is InChI=1S/C19H19FN2OS/c1-2-13-22(19-21-16-5-3-4-6-17(16)24-19)18(23)12-9-14-7-10-15(20)11-8-14/h2,7-12H,1,3-6,13H2/b12-9+. The maximum atomic E-state index is 12.9. The van der Waals surface area contributed by atoms with Crippen molar-refractivity contribution < 1.29 is 9.18 Å². The van der Waals surface area contributed by atoms with Crippen LogP contribution in [0.1, 0.15) is 29.0 Å². The van der Waals surface area contributed by atoms with Crippen LogP contribution in [0.5, 0.6) is 0 Å². The van der Waals surface area contributed by atoms with E-state index in [4.69, 9.17) is 0 Å². The average Bonchev–Trinajstić information content (AvgIpc) is 3.02. The molecule has 0 radical (unpaired) electrons. The van der Waals surface area contributed by atoms with Crippen molar-refractivity contribution in [2.75, 3.05) is 11.4 Å². The predicted molar refractivity (Wildman–Crippen MR) is 96.7 cm³/mol. The minimum absolute atomic E-state index is 0.148. The molecule has 1 aliphatic rings. The Labute approximate surface area is 145 Å². The van der Waals surface area contributed by atoms with Gasteiger partial charge in [0.2, 0.25) is 0 Å². The third-order valence-corrected chi connectivity index (χ3v) is 5.11. The Kier molecular flexibility index (Phi) is 5.20. The number of anilines is 1. The van der Waals surface area contributed by atoms with Crippen LogP contribution in [0, 0.1) is 5.82 Å². The van der Waals surface area contributed by atoms with Crippen molar-refractivity contribution in [3.63, 3.8) is 0 Å². The summed E-state index contributed by atoms with van der Waals surface area (Å²) >= 11 is 1.60. The molecule has 24 heavy (non-hydrogen) atoms. The van der Waals surface area contributed by atoms with Gasteiger partial charge in [0.1, 0.15) is 5.82 Å². The quantitative estimate of drug-likeness (QED) is 0.596. The molecule has 0 atom stereocenters. The van der Waals surface area contributed by atoms with Crippen molar-refractivity contribution in [3.8, 4) is 0 Å². The molecule has 0 aliphatic heterocycles. The maximum Gasteiger partial charge on any atom is 0.253 e. The van der Waals surface area contributed by atoms with Crippen LogP contribution in [-0.2, 0) is 17.6 Å². The zero-order valence-corrected chi connectivity index (χ0v) is 14.2. The lowest BCUT2D eigenvalue weighted by atomic mass is 10.0. The van der Waals surface area contributed by atoms with Gasteiger partial charge in [0, 0.05) is 17.5 Å². The van der Waals surface area contributed by atoms with Gasteiger partial charge in [-0.3, -0.25) is 9.69 Å². The summed E-state index contributed by atoms with van der Waals surface area (Å²) < 4.78 is 12.9. The van der Waals surface area contributed by atoms with Gasteiger partial charge in [-0.05, 0) is 49.5 Å². The van der Waals surface area contributed by atoms with Crippen LogP contribution < -0.4 is 4.90 Å². The molecular formula is C19H19FN2OS. The molecule has 0 saturated carbocycles. The molecule has 124 valence electrons. The number of benzene rings is 1. The molecule has 1 aromatic carbocycles. The molecule has 1 aromatic heterocycles. The molecule has 0 N–H and O–H groups in total. The first kappa shape index (κ1) is 16.6. The van der Waals surface area contributed by atoms with Gasteiger partial charge in [0.25, 0.3) is 5.91 Å². The molecule has 1 heterocycles. The minimum Gasteiger partial charge on any atom is -0.281 e. The molecule has 0 unspecified atom stereocenters. The first-order chi connectivity index (χ1) is 11.7. The molecule has 0 bridgehead atoms. The second-order valence-corrected chi connectivity index (χ2v) is 6.76. The van der Waals surface area contributed by atoms with E-state index in [1.165, 1.54) is 29.5 Å². The Morgan fingerprint density at radius 1 is 1.29 bits per heavy atom. The highest BCUT2D eigenvalue weighted by molar-refractivity contribution is 7.16. The molecule has 0 saturated heterocycles. The maximum absolute atomic E-state index is 12.9. The summed E-state index contributed by atoms with van der Waals surface area (Å²) in [6.45, 7) is 4.15. The lowest BCUT2D eigenvalue weighted by molar-refractivity contribution is -0.114. The second-order valence-electron chi connectivity index (χ2n) is 5.70. The van der Waals surface area contributed by atoms with Crippen LogP contribution in [0.15, 0.2) is 43.0 Å². The number of thiazole rings is 1. The third-order valence-electron chi connectivity index (χ3n) is 3.93. The molecule has 0 fully saturated rings. The molecule has 1 amide bonds. The fourth-order valence-corrected chi connectivity index (χ4v) is 3.84. The van der Waals surface area contributed by atoms with Gasteiger partial charge < -0.3 is 0 Å². The van der Waals surface area contributed by atoms with E-state index in [1.54, 1.807) is 40.5 Å². The molecule has 0 spiro atoms. The zero-order valence-electron chi connectivity index (χ0n) is 13.4. The number of halogens is 1. The lowest BCUT2D eigenvalue weighted by Crippen LogP contribution is -2.29. The van der Waals surface area contributed by atoms with E-state index in [2.05, 4.69) is 11.6 Å². The molecule has 3 rings (SSSR count). The Morgan fingerprint density at radius 3 is 2.75 bits per heavy atom. The van der Waals surface area contributed by atoms with Crippen molar-refractivity contribution in [1.29, 1.82) is 0 Å². The van der Waals surface area contributed by atoms with Gasteiger partial charge in [-0.2, -0.15) is 0 Å². The SMILES string of the molecule is C=CCN(C(=O)/C=C/c1ccc(F)cc1)c1nc2c(s1)CCCC2. The predicted octanol–water partition coefficient (Wildman–Crippen LogP) is 4.39. The Morgan fingerprint density at radius 2 is 2.04 bits per heavy atom. The number of aromatic nitrogens is 1. The van der Waals surface area contributed by atoms with Crippen molar-refractivity contribution >= 4 is 28.5 Å². The van der Waals surface area contributed by atoms with Gasteiger partial charge in [-0.15, -0.1) is 17.9 Å². The number of nitrogens with zero attached hydrogens (tertiary/aromatic N) is 2. The summed E-state index contributed by atoms with van der Waals surface area (Å²) in [6.07, 6.45) is 9.28. The summed E-state index contributed by atoms with van der Waals surface area (Å²) in [5.74, 6) is -0.439. The highest BCUT2D eigenvalue weighted by Gasteiger charge is 2.21. The first-order valence-corrected chi connectivity index (χ1v) is 8.83. The Hall–Kier alpha value is -2.27. The van der Waals surface area contributed by atoms with Gasteiger partial charge in [0.05, 0.1) is 5.69 Å². The van der Waals surface area contributed by atoms with Crippen LogP contribution in [0.2, 0.25) is 0 Å². The van der Waals surface area contributed by atoms with Gasteiger partial charge in [0.15, 0.2) is 5.13 Å². The van der Waals surface area contributed by atoms with E-state index in [0.717, 1.165) is 35.7 Å². The van der Waals surface area contributed by atoms with E-state index in [1.807, 2.05) is 0 Å². The van der Waals surface area contributed by atoms with E-state index < -0.39 is 0 Å². The van der Waals surface area contributed by atoms with Crippen molar-refractivity contribution in [1.82, 2.24) is 4.98 Å². The number of aryl methyl sites for hydroxylation is 2. The molecule has 2 aromatic rings. The lowest BCUT2D eigenvalue weighted by Gasteiger charge is -2.15. The number of rotatable bonds is 5. The summed E-state index contributed by atoms with van der Waals surface area (Å²) in [7, 11) is 0. The van der Waals surface area contributed by atoms with E-state index >= 15 is 0 Å². The number of hydrogen-bond acceptors (Lipinski definition) is 3. The number of fused-ring (bicyclic) bond motifs is 1. The second kappa shape index (κ2) is 7.53. The highest BCUT2D eigenvalue weighted by atomic mass is 32.1. The Bertz CT molecular complexity index is 741. The van der Waals surface area contributed by atoms with Gasteiger partial charge in [-0.25, -0.2) is 9.37 Å². The van der Waals surface area contributed by atoms with Crippen molar-refractivity contribution in [2.45, 2.75) is 25.7 Å². The monoisotopic (exact) mass is 342 g/mol. The van der Waals surface area contributed by atoms with Crippen LogP contribution in [0.3, 0.4) is 0 Å². The molecular weight excluding hydrogens is 323 g/mol. The number of carbonyl (C=O) groups excluding carboxylic acids is 1. The molecule has 3 nitrogen and oxygen atoms in total. The molecule has 5 heteroatoms. The van der Waals surface area contributed by atoms with Crippen molar-refractivity contribution in [3.05, 3.63) is 64.9 Å². The average molecular weight is 342 g/mol. The zero-order chi connectivity index (χ0) is 16.9. The van der Waals surface area contributed by atoms with E-state index in [-0.39, 0.29) is 11.7 Å². The first-order valence-electron chi connectivity index (χ1n) is 8.02. The summed E-state index contributed by atoms with van der Waals surface area (Å²) in [4.78, 5) is 20.1. The number of amides is 1. The van der Waals surface area contributed by atoms with Crippen LogP contribution in [0.25, 0.3) is 6.08 Å². The minimum atomic E-state index is -0.292. The normalized spacial score (nSPS) is 13.7. The largest absolute Gasteiger partial charge is 0.281 e. The summed E-state index contributed by atoms with van der Waals surface area (Å²) in [5.41, 5.74) is 1.91. The van der Waals surface area contributed by atoms with Crippen LogP contribution in [0.4, 0.5) is 9.52 Å². The fourth-order valence-electron chi connectivity index (χ4n) is 2.68. The molecule has 1 aliphatic carbocycles.